The molecule has 0 amide bonds. The van der Waals surface area contributed by atoms with Gasteiger partial charge in [-0.3, -0.25) is 0 Å². The van der Waals surface area contributed by atoms with E-state index in [1.807, 2.05) is 19.9 Å². The molecule has 0 unspecified atom stereocenters. The SMILES string of the molecule is CCOc1cc(C)nc(N(CCBr)CCOC)n1. The molecule has 1 rings (SSSR count). The predicted molar refractivity (Wildman–Crippen MR) is 75.8 cm³/mol. The molecule has 0 bridgehead atoms. The molecule has 0 spiro atoms. The molecule has 0 radical (unpaired) electrons. The van der Waals surface area contributed by atoms with Gasteiger partial charge in [-0.2, -0.15) is 4.98 Å². The van der Waals surface area contributed by atoms with Crippen LogP contribution in [0.3, 0.4) is 0 Å². The van der Waals surface area contributed by atoms with E-state index < -0.39 is 0 Å². The van der Waals surface area contributed by atoms with Crippen LogP contribution in [0.5, 0.6) is 5.88 Å². The highest BCUT2D eigenvalue weighted by Gasteiger charge is 2.11. The number of methoxy groups -OCH3 is 1. The summed E-state index contributed by atoms with van der Waals surface area (Å²) in [6, 6.07) is 1.84. The summed E-state index contributed by atoms with van der Waals surface area (Å²) in [7, 11) is 1.69. The second kappa shape index (κ2) is 8.26. The minimum atomic E-state index is 0.604. The Kier molecular flexibility index (Phi) is 6.97. The molecule has 0 saturated heterocycles. The Balaban J connectivity index is 2.87. The average molecular weight is 318 g/mol. The molecular weight excluding hydrogens is 298 g/mol. The Morgan fingerprint density at radius 3 is 2.72 bits per heavy atom. The molecule has 0 aliphatic heterocycles. The third-order valence-electron chi connectivity index (χ3n) is 2.31. The summed E-state index contributed by atoms with van der Waals surface area (Å²) in [5, 5.41) is 0.859. The molecule has 18 heavy (non-hydrogen) atoms. The summed E-state index contributed by atoms with van der Waals surface area (Å²) in [6.07, 6.45) is 0. The summed E-state index contributed by atoms with van der Waals surface area (Å²) < 4.78 is 10.5. The lowest BCUT2D eigenvalue weighted by molar-refractivity contribution is 0.205. The average Bonchev–Trinajstić information content (AvgIpc) is 2.34. The number of aromatic nitrogens is 2. The minimum absolute atomic E-state index is 0.604. The maximum absolute atomic E-state index is 5.44. The summed E-state index contributed by atoms with van der Waals surface area (Å²) in [6.45, 7) is 6.73. The van der Waals surface area contributed by atoms with Crippen molar-refractivity contribution in [1.29, 1.82) is 0 Å². The van der Waals surface area contributed by atoms with Crippen LogP contribution in [-0.2, 0) is 4.74 Å². The first kappa shape index (κ1) is 15.2. The maximum Gasteiger partial charge on any atom is 0.228 e. The minimum Gasteiger partial charge on any atom is -0.478 e. The van der Waals surface area contributed by atoms with Crippen molar-refractivity contribution >= 4 is 21.9 Å². The standard InChI is InChI=1S/C12H20BrN3O2/c1-4-18-11-9-10(2)14-12(15-11)16(6-5-13)7-8-17-3/h9H,4-8H2,1-3H3. The van der Waals surface area contributed by atoms with E-state index in [1.54, 1.807) is 7.11 Å². The van der Waals surface area contributed by atoms with Crippen molar-refractivity contribution in [3.8, 4) is 5.88 Å². The van der Waals surface area contributed by atoms with Gasteiger partial charge in [0.2, 0.25) is 11.8 Å². The van der Waals surface area contributed by atoms with Crippen LogP contribution >= 0.6 is 15.9 Å². The third kappa shape index (κ3) is 4.78. The van der Waals surface area contributed by atoms with Gasteiger partial charge in [0.1, 0.15) is 0 Å². The van der Waals surface area contributed by atoms with Gasteiger partial charge in [0.05, 0.1) is 13.2 Å². The summed E-state index contributed by atoms with van der Waals surface area (Å²) in [4.78, 5) is 10.9. The predicted octanol–water partition coefficient (Wildman–Crippen LogP) is 2.03. The lowest BCUT2D eigenvalue weighted by atomic mass is 10.4. The van der Waals surface area contributed by atoms with Crippen molar-refractivity contribution in [1.82, 2.24) is 9.97 Å². The van der Waals surface area contributed by atoms with Crippen LogP contribution in [0.4, 0.5) is 5.95 Å². The van der Waals surface area contributed by atoms with E-state index in [9.17, 15) is 0 Å². The van der Waals surface area contributed by atoms with Crippen LogP contribution in [0, 0.1) is 6.92 Å². The summed E-state index contributed by atoms with van der Waals surface area (Å²) in [5.41, 5.74) is 0.903. The molecule has 1 heterocycles. The Labute approximate surface area is 117 Å². The van der Waals surface area contributed by atoms with E-state index in [1.165, 1.54) is 0 Å². The largest absolute Gasteiger partial charge is 0.478 e. The van der Waals surface area contributed by atoms with E-state index in [4.69, 9.17) is 9.47 Å². The summed E-state index contributed by atoms with van der Waals surface area (Å²) >= 11 is 3.44. The molecule has 0 aliphatic carbocycles. The molecule has 5 nitrogen and oxygen atoms in total. The van der Waals surface area contributed by atoms with Crippen molar-refractivity contribution in [3.05, 3.63) is 11.8 Å². The second-order valence-corrected chi connectivity index (χ2v) is 4.54. The topological polar surface area (TPSA) is 47.5 Å². The Hall–Kier alpha value is -0.880. The van der Waals surface area contributed by atoms with E-state index in [0.29, 0.717) is 25.0 Å². The number of nitrogens with zero attached hydrogens (tertiary/aromatic N) is 3. The third-order valence-corrected chi connectivity index (χ3v) is 2.67. The van der Waals surface area contributed by atoms with Gasteiger partial charge in [0, 0.05) is 37.3 Å². The first-order chi connectivity index (χ1) is 8.71. The first-order valence-corrected chi connectivity index (χ1v) is 7.11. The highest BCUT2D eigenvalue weighted by molar-refractivity contribution is 9.09. The molecular formula is C12H20BrN3O2. The van der Waals surface area contributed by atoms with Crippen molar-refractivity contribution in [2.24, 2.45) is 0 Å². The monoisotopic (exact) mass is 317 g/mol. The highest BCUT2D eigenvalue weighted by Crippen LogP contribution is 2.15. The number of anilines is 1. The molecule has 0 atom stereocenters. The molecule has 0 saturated carbocycles. The van der Waals surface area contributed by atoms with Crippen LogP contribution in [0.25, 0.3) is 0 Å². The van der Waals surface area contributed by atoms with E-state index in [-0.39, 0.29) is 0 Å². The van der Waals surface area contributed by atoms with Gasteiger partial charge in [-0.15, -0.1) is 0 Å². The van der Waals surface area contributed by atoms with Crippen LogP contribution in [0.1, 0.15) is 12.6 Å². The van der Waals surface area contributed by atoms with Gasteiger partial charge in [-0.25, -0.2) is 4.98 Å². The molecule has 1 aromatic rings. The van der Waals surface area contributed by atoms with Crippen molar-refractivity contribution in [3.63, 3.8) is 0 Å². The van der Waals surface area contributed by atoms with E-state index in [0.717, 1.165) is 24.1 Å². The fourth-order valence-corrected chi connectivity index (χ4v) is 1.93. The normalized spacial score (nSPS) is 10.4. The van der Waals surface area contributed by atoms with Gasteiger partial charge in [-0.1, -0.05) is 15.9 Å². The van der Waals surface area contributed by atoms with Crippen LogP contribution in [0.15, 0.2) is 6.07 Å². The molecule has 102 valence electrons. The zero-order chi connectivity index (χ0) is 13.4. The van der Waals surface area contributed by atoms with E-state index >= 15 is 0 Å². The number of ether oxygens (including phenoxy) is 2. The van der Waals surface area contributed by atoms with Crippen molar-refractivity contribution in [2.75, 3.05) is 43.6 Å². The Morgan fingerprint density at radius 2 is 2.11 bits per heavy atom. The zero-order valence-electron chi connectivity index (χ0n) is 11.1. The van der Waals surface area contributed by atoms with Gasteiger partial charge in [-0.05, 0) is 13.8 Å². The number of halogens is 1. The van der Waals surface area contributed by atoms with Gasteiger partial charge in [0.25, 0.3) is 0 Å². The Bertz CT molecular complexity index is 363. The second-order valence-electron chi connectivity index (χ2n) is 3.75. The smallest absolute Gasteiger partial charge is 0.228 e. The molecule has 0 N–H and O–H groups in total. The lowest BCUT2D eigenvalue weighted by Crippen LogP contribution is -2.31. The van der Waals surface area contributed by atoms with Crippen LogP contribution in [-0.4, -0.2) is 48.7 Å². The molecule has 1 aromatic heterocycles. The quantitative estimate of drug-likeness (QED) is 0.687. The van der Waals surface area contributed by atoms with Crippen molar-refractivity contribution in [2.45, 2.75) is 13.8 Å². The van der Waals surface area contributed by atoms with Crippen LogP contribution in [0.2, 0.25) is 0 Å². The summed E-state index contributed by atoms with van der Waals surface area (Å²) in [5.74, 6) is 1.31. The molecule has 6 heteroatoms. The van der Waals surface area contributed by atoms with Crippen LogP contribution < -0.4 is 9.64 Å². The number of hydrogen-bond donors (Lipinski definition) is 0. The number of aryl methyl sites for hydroxylation is 1. The highest BCUT2D eigenvalue weighted by atomic mass is 79.9. The van der Waals surface area contributed by atoms with Gasteiger partial charge >= 0.3 is 0 Å². The van der Waals surface area contributed by atoms with Gasteiger partial charge < -0.3 is 14.4 Å². The Morgan fingerprint density at radius 1 is 1.33 bits per heavy atom. The number of alkyl halides is 1. The zero-order valence-corrected chi connectivity index (χ0v) is 12.7. The fourth-order valence-electron chi connectivity index (χ4n) is 1.50. The first-order valence-electron chi connectivity index (χ1n) is 5.99. The number of hydrogen-bond acceptors (Lipinski definition) is 5. The molecule has 0 aliphatic rings. The maximum atomic E-state index is 5.44. The fraction of sp³-hybridized carbons (Fsp3) is 0.667. The van der Waals surface area contributed by atoms with Gasteiger partial charge in [0.15, 0.2) is 0 Å². The number of rotatable bonds is 8. The van der Waals surface area contributed by atoms with Crippen molar-refractivity contribution < 1.29 is 9.47 Å². The van der Waals surface area contributed by atoms with E-state index in [2.05, 4.69) is 30.8 Å². The molecule has 0 fully saturated rings. The molecule has 0 aromatic carbocycles. The lowest BCUT2D eigenvalue weighted by Gasteiger charge is -2.22.